The van der Waals surface area contributed by atoms with Crippen molar-refractivity contribution >= 4 is 22.4 Å². The number of hydrogen-bond donors (Lipinski definition) is 1. The number of hydrogen-bond acceptors (Lipinski definition) is 4. The fourth-order valence-electron chi connectivity index (χ4n) is 2.69. The van der Waals surface area contributed by atoms with Gasteiger partial charge in [0.25, 0.3) is 5.91 Å². The van der Waals surface area contributed by atoms with E-state index in [0.717, 1.165) is 28.3 Å². The van der Waals surface area contributed by atoms with Crippen molar-refractivity contribution in [2.24, 2.45) is 0 Å². The van der Waals surface area contributed by atoms with E-state index in [2.05, 4.69) is 10.3 Å². The summed E-state index contributed by atoms with van der Waals surface area (Å²) in [7, 11) is 0. The van der Waals surface area contributed by atoms with Gasteiger partial charge in [-0.1, -0.05) is 12.1 Å². The predicted molar refractivity (Wildman–Crippen MR) is 103 cm³/mol. The Morgan fingerprint density at radius 1 is 1.14 bits per heavy atom. The molecular formula is C20H17F3N2O2S. The van der Waals surface area contributed by atoms with Crippen LogP contribution in [0, 0.1) is 6.92 Å². The van der Waals surface area contributed by atoms with Crippen molar-refractivity contribution in [1.29, 1.82) is 0 Å². The number of halogens is 3. The number of aryl methyl sites for hydroxylation is 1. The van der Waals surface area contributed by atoms with Gasteiger partial charge in [-0.15, -0.1) is 11.3 Å². The second kappa shape index (κ2) is 8.02. The minimum atomic E-state index is -4.61. The monoisotopic (exact) mass is 406 g/mol. The Labute approximate surface area is 164 Å². The molecule has 0 spiro atoms. The number of aromatic nitrogens is 1. The molecule has 3 aromatic rings. The number of alkyl halides is 3. The van der Waals surface area contributed by atoms with Gasteiger partial charge in [0.15, 0.2) is 5.13 Å². The average molecular weight is 406 g/mol. The third-order valence-electron chi connectivity index (χ3n) is 3.93. The Kier molecular flexibility index (Phi) is 5.69. The molecule has 0 radical (unpaired) electrons. The Bertz CT molecular complexity index is 982. The van der Waals surface area contributed by atoms with Crippen molar-refractivity contribution < 1.29 is 22.7 Å². The first-order chi connectivity index (χ1) is 13.3. The molecule has 0 unspecified atom stereocenters. The van der Waals surface area contributed by atoms with Gasteiger partial charge in [0.05, 0.1) is 23.4 Å². The molecule has 0 aliphatic rings. The molecule has 1 heterocycles. The number of amides is 1. The molecule has 28 heavy (non-hydrogen) atoms. The topological polar surface area (TPSA) is 51.2 Å². The van der Waals surface area contributed by atoms with Crippen LogP contribution < -0.4 is 10.1 Å². The molecule has 0 bridgehead atoms. The number of rotatable bonds is 5. The van der Waals surface area contributed by atoms with E-state index < -0.39 is 23.2 Å². The highest BCUT2D eigenvalue weighted by Crippen LogP contribution is 2.34. The molecule has 4 nitrogen and oxygen atoms in total. The minimum Gasteiger partial charge on any atom is -0.494 e. The number of benzene rings is 2. The lowest BCUT2D eigenvalue weighted by molar-refractivity contribution is -0.137. The SMILES string of the molecule is CCOc1ccc(-c2nc(NC(=O)c3ccccc3C(F)(F)F)sc2C)cc1. The van der Waals surface area contributed by atoms with Gasteiger partial charge in [-0.2, -0.15) is 13.2 Å². The summed E-state index contributed by atoms with van der Waals surface area (Å²) < 4.78 is 44.8. The molecule has 0 aliphatic carbocycles. The summed E-state index contributed by atoms with van der Waals surface area (Å²) in [4.78, 5) is 17.6. The Balaban J connectivity index is 1.83. The van der Waals surface area contributed by atoms with Crippen molar-refractivity contribution in [2.45, 2.75) is 20.0 Å². The molecular weight excluding hydrogens is 389 g/mol. The molecule has 0 saturated heterocycles. The molecule has 8 heteroatoms. The van der Waals surface area contributed by atoms with E-state index in [1.165, 1.54) is 23.5 Å². The maximum atomic E-state index is 13.1. The lowest BCUT2D eigenvalue weighted by atomic mass is 10.1. The van der Waals surface area contributed by atoms with Gasteiger partial charge < -0.3 is 4.74 Å². The smallest absolute Gasteiger partial charge is 0.417 e. The fourth-order valence-corrected chi connectivity index (χ4v) is 3.52. The maximum Gasteiger partial charge on any atom is 0.417 e. The van der Waals surface area contributed by atoms with E-state index in [-0.39, 0.29) is 5.13 Å². The van der Waals surface area contributed by atoms with Crippen molar-refractivity contribution in [3.63, 3.8) is 0 Å². The van der Waals surface area contributed by atoms with E-state index in [1.54, 1.807) is 0 Å². The number of anilines is 1. The van der Waals surface area contributed by atoms with Crippen LogP contribution in [0.3, 0.4) is 0 Å². The second-order valence-corrected chi connectivity index (χ2v) is 7.08. The van der Waals surface area contributed by atoms with Crippen LogP contribution in [0.25, 0.3) is 11.3 Å². The first-order valence-corrected chi connectivity index (χ1v) is 9.29. The van der Waals surface area contributed by atoms with Crippen LogP contribution in [-0.4, -0.2) is 17.5 Å². The minimum absolute atomic E-state index is 0.239. The lowest BCUT2D eigenvalue weighted by Gasteiger charge is -2.11. The molecule has 0 atom stereocenters. The van der Waals surface area contributed by atoms with Crippen molar-refractivity contribution in [3.8, 4) is 17.0 Å². The first-order valence-electron chi connectivity index (χ1n) is 8.48. The number of carbonyl (C=O) groups is 1. The maximum absolute atomic E-state index is 13.1. The molecule has 3 rings (SSSR count). The molecule has 0 aliphatic heterocycles. The van der Waals surface area contributed by atoms with E-state index in [9.17, 15) is 18.0 Å². The summed E-state index contributed by atoms with van der Waals surface area (Å²) in [6.07, 6.45) is -4.61. The molecule has 1 N–H and O–H groups in total. The fraction of sp³-hybridized carbons (Fsp3) is 0.200. The normalized spacial score (nSPS) is 11.3. The predicted octanol–water partition coefficient (Wildman–Crippen LogP) is 5.79. The van der Waals surface area contributed by atoms with Gasteiger partial charge in [0, 0.05) is 10.4 Å². The van der Waals surface area contributed by atoms with Crippen LogP contribution in [0.15, 0.2) is 48.5 Å². The van der Waals surface area contributed by atoms with Crippen LogP contribution in [0.2, 0.25) is 0 Å². The second-order valence-electron chi connectivity index (χ2n) is 5.88. The zero-order valence-corrected chi connectivity index (χ0v) is 15.9. The molecule has 0 saturated carbocycles. The van der Waals surface area contributed by atoms with Gasteiger partial charge in [0.1, 0.15) is 5.75 Å². The van der Waals surface area contributed by atoms with Crippen LogP contribution in [0.4, 0.5) is 18.3 Å². The van der Waals surface area contributed by atoms with Crippen LogP contribution in [0.5, 0.6) is 5.75 Å². The summed E-state index contributed by atoms with van der Waals surface area (Å²) in [5.74, 6) is -0.115. The Morgan fingerprint density at radius 2 is 1.82 bits per heavy atom. The molecule has 146 valence electrons. The number of thiazole rings is 1. The summed E-state index contributed by atoms with van der Waals surface area (Å²) in [6, 6.07) is 12.0. The van der Waals surface area contributed by atoms with E-state index >= 15 is 0 Å². The zero-order valence-electron chi connectivity index (χ0n) is 15.1. The largest absolute Gasteiger partial charge is 0.494 e. The standard InChI is InChI=1S/C20H17F3N2O2S/c1-3-27-14-10-8-13(9-11-14)17-12(2)28-19(24-17)25-18(26)15-6-4-5-7-16(15)20(21,22)23/h4-11H,3H2,1-2H3,(H,24,25,26). The number of carbonyl (C=O) groups excluding carboxylic acids is 1. The summed E-state index contributed by atoms with van der Waals surface area (Å²) in [5, 5.41) is 2.72. The highest BCUT2D eigenvalue weighted by Gasteiger charge is 2.35. The lowest BCUT2D eigenvalue weighted by Crippen LogP contribution is -2.18. The quantitative estimate of drug-likeness (QED) is 0.584. The third-order valence-corrected chi connectivity index (χ3v) is 4.82. The van der Waals surface area contributed by atoms with Crippen LogP contribution in [0.1, 0.15) is 27.7 Å². The van der Waals surface area contributed by atoms with Gasteiger partial charge in [-0.3, -0.25) is 10.1 Å². The van der Waals surface area contributed by atoms with Gasteiger partial charge >= 0.3 is 6.18 Å². The van der Waals surface area contributed by atoms with Crippen molar-refractivity contribution in [2.75, 3.05) is 11.9 Å². The molecule has 1 aromatic heterocycles. The highest BCUT2D eigenvalue weighted by molar-refractivity contribution is 7.16. The highest BCUT2D eigenvalue weighted by atomic mass is 32.1. The number of nitrogens with zero attached hydrogens (tertiary/aromatic N) is 1. The summed E-state index contributed by atoms with van der Waals surface area (Å²) in [5.41, 5.74) is 0.0684. The van der Waals surface area contributed by atoms with Crippen molar-refractivity contribution in [1.82, 2.24) is 4.98 Å². The molecule has 1 amide bonds. The molecule has 0 fully saturated rings. The Hall–Kier alpha value is -2.87. The van der Waals surface area contributed by atoms with Gasteiger partial charge in [0.2, 0.25) is 0 Å². The Morgan fingerprint density at radius 3 is 2.46 bits per heavy atom. The van der Waals surface area contributed by atoms with E-state index in [1.807, 2.05) is 38.1 Å². The third kappa shape index (κ3) is 4.33. The first kappa shape index (κ1) is 19.9. The van der Waals surface area contributed by atoms with Gasteiger partial charge in [-0.05, 0) is 50.2 Å². The van der Waals surface area contributed by atoms with Crippen molar-refractivity contribution in [3.05, 3.63) is 64.5 Å². The molecule has 2 aromatic carbocycles. The number of nitrogens with one attached hydrogen (secondary N) is 1. The zero-order chi connectivity index (χ0) is 20.3. The number of ether oxygens (including phenoxy) is 1. The van der Waals surface area contributed by atoms with E-state index in [4.69, 9.17) is 4.74 Å². The summed E-state index contributed by atoms with van der Waals surface area (Å²) >= 11 is 1.20. The van der Waals surface area contributed by atoms with E-state index in [0.29, 0.717) is 12.3 Å². The average Bonchev–Trinajstić information content (AvgIpc) is 3.02. The summed E-state index contributed by atoms with van der Waals surface area (Å²) in [6.45, 7) is 4.29. The van der Waals surface area contributed by atoms with Crippen LogP contribution >= 0.6 is 11.3 Å². The van der Waals surface area contributed by atoms with Gasteiger partial charge in [-0.25, -0.2) is 4.98 Å². The van der Waals surface area contributed by atoms with Crippen LogP contribution in [-0.2, 0) is 6.18 Å².